The topological polar surface area (TPSA) is 11.4 Å². The molecule has 6 heteroatoms. The lowest BCUT2D eigenvalue weighted by atomic mass is 9.32. The second-order valence-corrected chi connectivity index (χ2v) is 33.0. The van der Waals surface area contributed by atoms with Crippen LogP contribution >= 0.6 is 0 Å². The Morgan fingerprint density at radius 2 is 0.583 bits per heavy atom. The maximum absolute atomic E-state index is 3.12. The number of nitrogens with zero attached hydrogens (tertiary/aromatic N) is 3. The van der Waals surface area contributed by atoms with Crippen LogP contribution in [0.2, 0.25) is 0 Å². The molecule has 0 fully saturated rings. The van der Waals surface area contributed by atoms with Gasteiger partial charge in [-0.3, -0.25) is 0 Å². The van der Waals surface area contributed by atoms with E-state index < -0.39 is 16.1 Å². The van der Waals surface area contributed by atoms with Crippen LogP contribution in [0.4, 0.5) is 34.1 Å². The fraction of sp³-hybridized carbons (Fsp3) is 0. The number of aromatic nitrogens is 1. The summed E-state index contributed by atoms with van der Waals surface area (Å²) in [6, 6.07) is 147. The van der Waals surface area contributed by atoms with E-state index in [9.17, 15) is 0 Å². The first-order valence-electron chi connectivity index (χ1n) is 33.4. The van der Waals surface area contributed by atoms with Crippen LogP contribution in [0.25, 0.3) is 49.7 Å². The van der Waals surface area contributed by atoms with Gasteiger partial charge in [0.1, 0.15) is 0 Å². The number of rotatable bonds is 13. The highest BCUT2D eigenvalue weighted by Gasteiger charge is 2.49. The van der Waals surface area contributed by atoms with Gasteiger partial charge < -0.3 is 14.4 Å². The molecule has 0 atom stereocenters. The molecule has 0 amide bonds. The molecule has 0 saturated heterocycles. The maximum atomic E-state index is 2.67. The van der Waals surface area contributed by atoms with Gasteiger partial charge in [0.25, 0.3) is 6.71 Å². The molecule has 0 saturated carbocycles. The third kappa shape index (κ3) is 8.94. The lowest BCUT2D eigenvalue weighted by Gasteiger charge is -2.46. The molecule has 2 aliphatic rings. The number of hydrogen-bond acceptors (Lipinski definition) is 2. The molecule has 3 heterocycles. The van der Waals surface area contributed by atoms with Gasteiger partial charge in [-0.05, 0) is 129 Å². The minimum atomic E-state index is -3.12. The Morgan fingerprint density at radius 1 is 0.219 bits per heavy atom. The van der Waals surface area contributed by atoms with E-state index in [2.05, 4.69) is 403 Å². The van der Waals surface area contributed by atoms with Crippen LogP contribution in [0.5, 0.6) is 0 Å². The molecule has 16 aromatic rings. The Labute approximate surface area is 563 Å². The van der Waals surface area contributed by atoms with Crippen molar-refractivity contribution in [2.75, 3.05) is 9.80 Å². The van der Waals surface area contributed by atoms with Gasteiger partial charge in [-0.1, -0.05) is 334 Å². The number of anilines is 6. The quantitative estimate of drug-likeness (QED) is 0.0842. The molecule has 0 unspecified atom stereocenters. The third-order valence-electron chi connectivity index (χ3n) is 20.5. The second-order valence-electron chi connectivity index (χ2n) is 25.4. The number of fused-ring (bicyclic) bond motifs is 7. The fourth-order valence-electron chi connectivity index (χ4n) is 16.5. The zero-order valence-corrected chi connectivity index (χ0v) is 54.9. The van der Waals surface area contributed by atoms with Crippen LogP contribution in [0, 0.1) is 0 Å². The van der Waals surface area contributed by atoms with Crippen molar-refractivity contribution in [1.29, 1.82) is 0 Å². The van der Waals surface area contributed by atoms with Crippen molar-refractivity contribution in [3.05, 3.63) is 388 Å². The molecule has 0 N–H and O–H groups in total. The van der Waals surface area contributed by atoms with Gasteiger partial charge in [-0.2, -0.15) is 0 Å². The smallest absolute Gasteiger partial charge is 0.252 e. The van der Waals surface area contributed by atoms with Gasteiger partial charge in [0, 0.05) is 44.8 Å². The number of hydrogen-bond donors (Lipinski definition) is 0. The fourth-order valence-corrected chi connectivity index (χ4v) is 26.0. The Kier molecular flexibility index (Phi) is 14.0. The molecular weight excluding hydrogens is 1190 g/mol. The standard InChI is InChI=1S/C90H64BN3Si2/c1-9-32-65(33-10-1)77-48-25-28-52-82(77)94-86-55-31-51-78(66-34-11-2-12-35-66)89(86)91-81-64-76(96(72-42-19-6-20-43-72,73-44-21-7-22-45-73)74-46-23-8-24-47-74)60-61-85(81)92(87-62-68(63-88(94)90(87)91)93-83-53-29-26-49-79(83)80-50-27-30-54-84(80)93)67-56-58-75(59-57-67)95(69-36-13-3-14-37-69,70-38-15-4-16-39-70)71-40-17-5-18-41-71/h1-64H. The highest BCUT2D eigenvalue weighted by atomic mass is 28.3. The van der Waals surface area contributed by atoms with Gasteiger partial charge in [0.05, 0.1) is 22.4 Å². The van der Waals surface area contributed by atoms with Crippen molar-refractivity contribution in [3.63, 3.8) is 0 Å². The van der Waals surface area contributed by atoms with E-state index in [0.29, 0.717) is 0 Å². The molecule has 15 aromatic carbocycles. The highest BCUT2D eigenvalue weighted by molar-refractivity contribution is 7.20. The molecule has 0 aliphatic carbocycles. The third-order valence-corrected chi connectivity index (χ3v) is 30.0. The van der Waals surface area contributed by atoms with E-state index >= 15 is 0 Å². The normalized spacial score (nSPS) is 12.5. The first kappa shape index (κ1) is 56.9. The van der Waals surface area contributed by atoms with Crippen molar-refractivity contribution in [3.8, 4) is 27.9 Å². The maximum Gasteiger partial charge on any atom is 0.252 e. The average molecular weight is 1250 g/mol. The zero-order chi connectivity index (χ0) is 63.6. The van der Waals surface area contributed by atoms with E-state index in [-0.39, 0.29) is 6.71 Å². The monoisotopic (exact) mass is 1250 g/mol. The number of para-hydroxylation sites is 3. The molecular formula is C90H64BN3Si2. The summed E-state index contributed by atoms with van der Waals surface area (Å²) in [5.41, 5.74) is 18.6. The molecule has 0 spiro atoms. The van der Waals surface area contributed by atoms with Crippen LogP contribution in [0.3, 0.4) is 0 Å². The summed E-state index contributed by atoms with van der Waals surface area (Å²) < 4.78 is 2.52. The van der Waals surface area contributed by atoms with Gasteiger partial charge in [-0.25, -0.2) is 0 Å². The van der Waals surface area contributed by atoms with Crippen LogP contribution in [-0.2, 0) is 0 Å². The van der Waals surface area contributed by atoms with E-state index in [1.54, 1.807) is 0 Å². The predicted molar refractivity (Wildman–Crippen MR) is 413 cm³/mol. The molecule has 450 valence electrons. The lowest BCUT2D eigenvalue weighted by molar-refractivity contribution is 1.16. The second kappa shape index (κ2) is 23.6. The van der Waals surface area contributed by atoms with Gasteiger partial charge >= 0.3 is 0 Å². The molecule has 1 aromatic heterocycles. The van der Waals surface area contributed by atoms with E-state index in [4.69, 9.17) is 0 Å². The predicted octanol–water partition coefficient (Wildman–Crippen LogP) is 15.0. The first-order chi connectivity index (χ1) is 47.7. The molecule has 0 bridgehead atoms. The summed E-state index contributed by atoms with van der Waals surface area (Å²) in [7, 11) is -6.06. The Bertz CT molecular complexity index is 5280. The van der Waals surface area contributed by atoms with Crippen LogP contribution in [0.15, 0.2) is 388 Å². The largest absolute Gasteiger partial charge is 0.311 e. The van der Waals surface area contributed by atoms with Gasteiger partial charge in [-0.15, -0.1) is 0 Å². The van der Waals surface area contributed by atoms with E-state index in [1.165, 1.54) is 79.8 Å². The molecule has 18 rings (SSSR count). The van der Waals surface area contributed by atoms with Gasteiger partial charge in [0.2, 0.25) is 0 Å². The average Bonchev–Trinajstić information content (AvgIpc) is 0.825. The first-order valence-corrected chi connectivity index (χ1v) is 37.4. The minimum Gasteiger partial charge on any atom is -0.311 e. The number of benzene rings is 15. The molecule has 96 heavy (non-hydrogen) atoms. The van der Waals surface area contributed by atoms with Crippen molar-refractivity contribution in [1.82, 2.24) is 4.57 Å². The van der Waals surface area contributed by atoms with Crippen molar-refractivity contribution < 1.29 is 0 Å². The van der Waals surface area contributed by atoms with Crippen LogP contribution < -0.4 is 67.7 Å². The SMILES string of the molecule is c1ccc(-c2ccccc2N2c3cccc(-c4ccccc4)c3B3c4cc([Si](c5ccccc5)(c5ccccc5)c5ccccc5)ccc4N(c4ccc([Si](c5ccccc5)(c5ccccc5)c5ccccc5)cc4)c4cc(-n5c6ccccc6c6ccccc65)cc2c43)cc1. The van der Waals surface area contributed by atoms with E-state index in [1.807, 2.05) is 0 Å². The zero-order valence-electron chi connectivity index (χ0n) is 52.9. The Morgan fingerprint density at radius 3 is 1.07 bits per heavy atom. The van der Waals surface area contributed by atoms with Crippen molar-refractivity contribution >= 4 is 137 Å². The summed E-state index contributed by atoms with van der Waals surface area (Å²) in [5.74, 6) is 0. The van der Waals surface area contributed by atoms with Crippen molar-refractivity contribution in [2.45, 2.75) is 0 Å². The van der Waals surface area contributed by atoms with Crippen LogP contribution in [-0.4, -0.2) is 27.4 Å². The summed E-state index contributed by atoms with van der Waals surface area (Å²) in [5, 5.41) is 13.1. The lowest BCUT2D eigenvalue weighted by Crippen LogP contribution is -2.75. The highest BCUT2D eigenvalue weighted by Crippen LogP contribution is 2.49. The summed E-state index contributed by atoms with van der Waals surface area (Å²) in [6.07, 6.45) is 0. The van der Waals surface area contributed by atoms with Gasteiger partial charge in [0.15, 0.2) is 16.1 Å². The molecule has 2 aliphatic heterocycles. The Hall–Kier alpha value is -11.8. The molecule has 3 nitrogen and oxygen atoms in total. The van der Waals surface area contributed by atoms with E-state index in [0.717, 1.165) is 62.0 Å². The minimum absolute atomic E-state index is 0.248. The van der Waals surface area contributed by atoms with Crippen molar-refractivity contribution in [2.24, 2.45) is 0 Å². The Balaban J connectivity index is 0.994. The summed E-state index contributed by atoms with van der Waals surface area (Å²) >= 11 is 0. The molecule has 0 radical (unpaired) electrons. The summed E-state index contributed by atoms with van der Waals surface area (Å²) in [4.78, 5) is 5.27. The van der Waals surface area contributed by atoms with Crippen LogP contribution in [0.1, 0.15) is 0 Å². The summed E-state index contributed by atoms with van der Waals surface area (Å²) in [6.45, 7) is -0.248.